The number of aliphatic carboxylic acids is 1. The molecule has 42 heavy (non-hydrogen) atoms. The Bertz CT molecular complexity index is 1600. The highest BCUT2D eigenvalue weighted by Gasteiger charge is 2.29. The van der Waals surface area contributed by atoms with Crippen molar-refractivity contribution in [1.82, 2.24) is 9.88 Å². The Kier molecular flexibility index (Phi) is 9.38. The molecule has 1 saturated heterocycles. The van der Waals surface area contributed by atoms with Crippen LogP contribution in [0.4, 0.5) is 0 Å². The molecule has 1 atom stereocenters. The van der Waals surface area contributed by atoms with Crippen molar-refractivity contribution in [3.63, 3.8) is 0 Å². The lowest BCUT2D eigenvalue weighted by Gasteiger charge is -2.33. The maximum atomic E-state index is 11.9. The average molecular weight is 582 g/mol. The van der Waals surface area contributed by atoms with E-state index in [1.165, 1.54) is 0 Å². The molecule has 3 aromatic carbocycles. The van der Waals surface area contributed by atoms with Crippen molar-refractivity contribution in [3.8, 4) is 28.7 Å². The number of piperidine rings is 1. The average Bonchev–Trinajstić information content (AvgIpc) is 3.01. The fraction of sp³-hybridized carbons (Fsp3) is 0.265. The van der Waals surface area contributed by atoms with Crippen molar-refractivity contribution in [2.24, 2.45) is 0 Å². The molecule has 2 heterocycles. The Labute approximate surface area is 250 Å². The number of benzene rings is 3. The summed E-state index contributed by atoms with van der Waals surface area (Å²) in [4.78, 5) is 18.0. The minimum absolute atomic E-state index is 0.235. The van der Waals surface area contributed by atoms with Gasteiger partial charge in [-0.25, -0.2) is 0 Å². The molecule has 5 rings (SSSR count). The second-order valence-corrected chi connectivity index (χ2v) is 10.8. The highest BCUT2D eigenvalue weighted by atomic mass is 35.5. The van der Waals surface area contributed by atoms with Crippen LogP contribution < -0.4 is 9.47 Å². The van der Waals surface area contributed by atoms with Crippen LogP contribution in [0.25, 0.3) is 11.1 Å². The molecule has 0 amide bonds. The number of halogens is 1. The van der Waals surface area contributed by atoms with Crippen molar-refractivity contribution < 1.29 is 19.4 Å². The standard InChI is InChI=1S/C34H32ClN3O4/c1-23-27(8-5-9-29(23)26-11-13-37-14-12-26)22-42-33-18-32(41-21-25-7-4-6-24(16-25)19-36)28(17-30(33)35)20-38-15-3-2-10-31(38)34(39)40/h4-9,11-14,16-18,31H,2-3,10,15,20-22H2,1H3,(H,39,40)/t31-/m1/s1. The molecule has 1 aliphatic rings. The summed E-state index contributed by atoms with van der Waals surface area (Å²) in [6.45, 7) is 3.68. The molecule has 0 unspecified atom stereocenters. The van der Waals surface area contributed by atoms with Gasteiger partial charge in [-0.15, -0.1) is 0 Å². The molecule has 1 aromatic heterocycles. The van der Waals surface area contributed by atoms with Gasteiger partial charge in [-0.2, -0.15) is 5.26 Å². The molecule has 0 aliphatic carbocycles. The first kappa shape index (κ1) is 29.1. The van der Waals surface area contributed by atoms with Gasteiger partial charge in [-0.05, 0) is 84.5 Å². The highest BCUT2D eigenvalue weighted by molar-refractivity contribution is 6.32. The van der Waals surface area contributed by atoms with E-state index >= 15 is 0 Å². The van der Waals surface area contributed by atoms with Gasteiger partial charge in [-0.3, -0.25) is 14.7 Å². The van der Waals surface area contributed by atoms with Crippen LogP contribution in [0.2, 0.25) is 5.02 Å². The third-order valence-electron chi connectivity index (χ3n) is 7.66. The summed E-state index contributed by atoms with van der Waals surface area (Å²) in [5.41, 5.74) is 6.51. The van der Waals surface area contributed by atoms with Gasteiger partial charge < -0.3 is 14.6 Å². The Hall–Kier alpha value is -4.38. The molecule has 0 bridgehead atoms. The molecule has 7 nitrogen and oxygen atoms in total. The van der Waals surface area contributed by atoms with Crippen molar-refractivity contribution in [1.29, 1.82) is 5.26 Å². The minimum atomic E-state index is -0.819. The Balaban J connectivity index is 1.41. The molecule has 214 valence electrons. The zero-order valence-corrected chi connectivity index (χ0v) is 24.2. The minimum Gasteiger partial charge on any atom is -0.488 e. The summed E-state index contributed by atoms with van der Waals surface area (Å²) in [5.74, 6) is 0.220. The first-order valence-corrected chi connectivity index (χ1v) is 14.3. The number of carboxylic acid groups (broad SMARTS) is 1. The van der Waals surface area contributed by atoms with Gasteiger partial charge in [0.05, 0.1) is 16.7 Å². The fourth-order valence-corrected chi connectivity index (χ4v) is 5.60. The van der Waals surface area contributed by atoms with Crippen LogP contribution in [0.1, 0.15) is 47.1 Å². The second kappa shape index (κ2) is 13.5. The van der Waals surface area contributed by atoms with E-state index in [-0.39, 0.29) is 6.61 Å². The van der Waals surface area contributed by atoms with E-state index < -0.39 is 12.0 Å². The Morgan fingerprint density at radius 2 is 1.81 bits per heavy atom. The van der Waals surface area contributed by atoms with E-state index in [1.807, 2.05) is 47.4 Å². The lowest BCUT2D eigenvalue weighted by molar-refractivity contribution is -0.144. The number of rotatable bonds is 10. The summed E-state index contributed by atoms with van der Waals surface area (Å²) >= 11 is 6.75. The predicted molar refractivity (Wildman–Crippen MR) is 161 cm³/mol. The molecule has 0 saturated carbocycles. The monoisotopic (exact) mass is 581 g/mol. The maximum absolute atomic E-state index is 11.9. The van der Waals surface area contributed by atoms with Crippen LogP contribution in [0.3, 0.4) is 0 Å². The molecular weight excluding hydrogens is 550 g/mol. The fourth-order valence-electron chi connectivity index (χ4n) is 5.35. The molecule has 8 heteroatoms. The van der Waals surface area contributed by atoms with Crippen LogP contribution in [-0.2, 0) is 24.6 Å². The topological polar surface area (TPSA) is 95.7 Å². The van der Waals surface area contributed by atoms with Crippen molar-refractivity contribution >= 4 is 17.6 Å². The van der Waals surface area contributed by atoms with E-state index in [2.05, 4.69) is 24.0 Å². The number of nitriles is 1. The summed E-state index contributed by atoms with van der Waals surface area (Å²) in [7, 11) is 0. The van der Waals surface area contributed by atoms with Crippen LogP contribution in [0, 0.1) is 18.3 Å². The normalized spacial score (nSPS) is 15.1. The van der Waals surface area contributed by atoms with Crippen LogP contribution in [0.5, 0.6) is 11.5 Å². The molecule has 0 radical (unpaired) electrons. The largest absolute Gasteiger partial charge is 0.488 e. The van der Waals surface area contributed by atoms with Gasteiger partial charge in [-0.1, -0.05) is 48.4 Å². The molecule has 1 fully saturated rings. The zero-order chi connectivity index (χ0) is 29.5. The highest BCUT2D eigenvalue weighted by Crippen LogP contribution is 2.36. The van der Waals surface area contributed by atoms with E-state index in [0.717, 1.165) is 46.2 Å². The van der Waals surface area contributed by atoms with Gasteiger partial charge in [0, 0.05) is 30.6 Å². The number of ether oxygens (including phenoxy) is 2. The number of likely N-dealkylation sites (tertiary alicyclic amines) is 1. The van der Waals surface area contributed by atoms with Gasteiger partial charge >= 0.3 is 5.97 Å². The first-order valence-electron chi connectivity index (χ1n) is 14.0. The number of carboxylic acids is 1. The number of nitrogens with zero attached hydrogens (tertiary/aromatic N) is 3. The first-order chi connectivity index (χ1) is 20.4. The van der Waals surface area contributed by atoms with Gasteiger partial charge in [0.25, 0.3) is 0 Å². The smallest absolute Gasteiger partial charge is 0.320 e. The third-order valence-corrected chi connectivity index (χ3v) is 7.95. The van der Waals surface area contributed by atoms with Gasteiger partial charge in [0.15, 0.2) is 0 Å². The van der Waals surface area contributed by atoms with Crippen molar-refractivity contribution in [2.75, 3.05) is 6.54 Å². The van der Waals surface area contributed by atoms with E-state index in [4.69, 9.17) is 21.1 Å². The molecule has 4 aromatic rings. The maximum Gasteiger partial charge on any atom is 0.320 e. The van der Waals surface area contributed by atoms with Crippen molar-refractivity contribution in [3.05, 3.63) is 112 Å². The Morgan fingerprint density at radius 1 is 1.02 bits per heavy atom. The summed E-state index contributed by atoms with van der Waals surface area (Å²) in [6, 6.07) is 22.5. The zero-order valence-electron chi connectivity index (χ0n) is 23.4. The lowest BCUT2D eigenvalue weighted by Crippen LogP contribution is -2.44. The van der Waals surface area contributed by atoms with Crippen LogP contribution >= 0.6 is 11.6 Å². The number of aromatic nitrogens is 1. The quantitative estimate of drug-likeness (QED) is 0.212. The van der Waals surface area contributed by atoms with Crippen molar-refractivity contribution in [2.45, 2.75) is 52.0 Å². The van der Waals surface area contributed by atoms with E-state index in [1.54, 1.807) is 30.6 Å². The summed E-state index contributed by atoms with van der Waals surface area (Å²) < 4.78 is 12.5. The van der Waals surface area contributed by atoms with Crippen LogP contribution in [0.15, 0.2) is 79.1 Å². The summed E-state index contributed by atoms with van der Waals surface area (Å²) in [6.07, 6.45) is 5.99. The SMILES string of the molecule is Cc1c(COc2cc(OCc3cccc(C#N)c3)c(CN3CCCC[C@@H]3C(=O)O)cc2Cl)cccc1-c1ccncc1. The van der Waals surface area contributed by atoms with E-state index in [0.29, 0.717) is 48.2 Å². The second-order valence-electron chi connectivity index (χ2n) is 10.4. The van der Waals surface area contributed by atoms with Gasteiger partial charge in [0.2, 0.25) is 0 Å². The molecule has 1 aliphatic heterocycles. The van der Waals surface area contributed by atoms with Crippen LogP contribution in [-0.4, -0.2) is 33.5 Å². The lowest BCUT2D eigenvalue weighted by atomic mass is 9.97. The summed E-state index contributed by atoms with van der Waals surface area (Å²) in [5, 5.41) is 19.5. The predicted octanol–water partition coefficient (Wildman–Crippen LogP) is 7.18. The molecule has 1 N–H and O–H groups in total. The Morgan fingerprint density at radius 3 is 2.60 bits per heavy atom. The number of pyridine rings is 1. The number of hydrogen-bond donors (Lipinski definition) is 1. The third kappa shape index (κ3) is 6.91. The molecular formula is C34H32ClN3O4. The number of hydrogen-bond acceptors (Lipinski definition) is 6. The molecule has 0 spiro atoms. The number of carbonyl (C=O) groups is 1. The van der Waals surface area contributed by atoms with E-state index in [9.17, 15) is 15.2 Å². The van der Waals surface area contributed by atoms with Gasteiger partial charge in [0.1, 0.15) is 30.8 Å².